The van der Waals surface area contributed by atoms with Crippen LogP contribution in [0.1, 0.15) is 0 Å². The minimum absolute atomic E-state index is 0.0135. The molecule has 0 unspecified atom stereocenters. The Hall–Kier alpha value is -1.60. The van der Waals surface area contributed by atoms with Gasteiger partial charge in [-0.15, -0.1) is 0 Å². The van der Waals surface area contributed by atoms with E-state index in [1.807, 2.05) is 0 Å². The van der Waals surface area contributed by atoms with Gasteiger partial charge in [-0.05, 0) is 36.4 Å². The number of aromatic nitrogens is 1. The maximum Gasteiger partial charge on any atom is 0.272 e. The third-order valence-electron chi connectivity index (χ3n) is 2.19. The van der Waals surface area contributed by atoms with Gasteiger partial charge in [-0.1, -0.05) is 15.9 Å². The zero-order chi connectivity index (χ0) is 13.2. The van der Waals surface area contributed by atoms with Crippen molar-refractivity contribution in [1.29, 1.82) is 0 Å². The molecule has 0 amide bonds. The number of halogens is 1. The van der Waals surface area contributed by atoms with Crippen LogP contribution in [0.5, 0.6) is 0 Å². The highest BCUT2D eigenvalue weighted by molar-refractivity contribution is 9.10. The lowest BCUT2D eigenvalue weighted by Gasteiger charge is -2.06. The molecule has 0 atom stereocenters. The molecule has 5 nitrogen and oxygen atoms in total. The van der Waals surface area contributed by atoms with Crippen molar-refractivity contribution in [2.45, 2.75) is 4.90 Å². The summed E-state index contributed by atoms with van der Waals surface area (Å²) in [5.74, 6) is 0. The van der Waals surface area contributed by atoms with Crippen LogP contribution in [-0.4, -0.2) is 13.4 Å². The van der Waals surface area contributed by atoms with E-state index in [1.165, 1.54) is 24.4 Å². The van der Waals surface area contributed by atoms with Gasteiger partial charge in [0.25, 0.3) is 15.6 Å². The van der Waals surface area contributed by atoms with Crippen molar-refractivity contribution in [2.75, 3.05) is 4.72 Å². The first-order valence-electron chi connectivity index (χ1n) is 4.95. The summed E-state index contributed by atoms with van der Waals surface area (Å²) >= 11 is 3.22. The van der Waals surface area contributed by atoms with Crippen LogP contribution in [0.25, 0.3) is 0 Å². The molecule has 1 heterocycles. The topological polar surface area (TPSA) is 79.0 Å². The summed E-state index contributed by atoms with van der Waals surface area (Å²) in [6.07, 6.45) is 1.43. The fraction of sp³-hybridized carbons (Fsp3) is 0. The SMILES string of the molecule is O=c1[nH]cccc1NS(=O)(=O)c1ccc(Br)cc1. The number of anilines is 1. The normalized spacial score (nSPS) is 11.2. The Labute approximate surface area is 112 Å². The molecule has 2 N–H and O–H groups in total. The van der Waals surface area contributed by atoms with Crippen LogP contribution >= 0.6 is 15.9 Å². The molecule has 0 fully saturated rings. The summed E-state index contributed by atoms with van der Waals surface area (Å²) < 4.78 is 27.0. The van der Waals surface area contributed by atoms with Crippen LogP contribution in [0, 0.1) is 0 Å². The fourth-order valence-corrected chi connectivity index (χ4v) is 2.65. The molecule has 2 aromatic rings. The Bertz CT molecular complexity index is 708. The molecule has 7 heteroatoms. The monoisotopic (exact) mass is 328 g/mol. The second-order valence-corrected chi connectivity index (χ2v) is 6.07. The van der Waals surface area contributed by atoms with E-state index in [9.17, 15) is 13.2 Å². The van der Waals surface area contributed by atoms with Crippen molar-refractivity contribution in [3.63, 3.8) is 0 Å². The highest BCUT2D eigenvalue weighted by Crippen LogP contribution is 2.16. The smallest absolute Gasteiger partial charge is 0.272 e. The first-order valence-corrected chi connectivity index (χ1v) is 7.23. The molecule has 2 rings (SSSR count). The van der Waals surface area contributed by atoms with E-state index in [4.69, 9.17) is 0 Å². The van der Waals surface area contributed by atoms with E-state index in [-0.39, 0.29) is 10.6 Å². The standard InChI is InChI=1S/C11H9BrN2O3S/c12-8-3-5-9(6-4-8)18(16,17)14-10-2-1-7-13-11(10)15/h1-7,14H,(H,13,15). The van der Waals surface area contributed by atoms with Gasteiger partial charge in [-0.2, -0.15) is 0 Å². The molecule has 0 bridgehead atoms. The summed E-state index contributed by atoms with van der Waals surface area (Å²) in [5.41, 5.74) is -0.501. The lowest BCUT2D eigenvalue weighted by molar-refractivity contribution is 0.601. The highest BCUT2D eigenvalue weighted by atomic mass is 79.9. The second-order valence-electron chi connectivity index (χ2n) is 3.47. The molecule has 0 aliphatic heterocycles. The molecule has 0 aliphatic carbocycles. The molecule has 0 saturated carbocycles. The van der Waals surface area contributed by atoms with E-state index < -0.39 is 15.6 Å². The van der Waals surface area contributed by atoms with Gasteiger partial charge in [0.05, 0.1) is 4.90 Å². The van der Waals surface area contributed by atoms with Crippen molar-refractivity contribution < 1.29 is 8.42 Å². The maximum absolute atomic E-state index is 12.0. The molecule has 0 saturated heterocycles. The Morgan fingerprint density at radius 2 is 1.78 bits per heavy atom. The fourth-order valence-electron chi connectivity index (χ4n) is 1.32. The van der Waals surface area contributed by atoms with E-state index in [0.717, 1.165) is 4.47 Å². The Morgan fingerprint density at radius 1 is 1.11 bits per heavy atom. The molecular formula is C11H9BrN2O3S. The van der Waals surface area contributed by atoms with Crippen molar-refractivity contribution >= 4 is 31.6 Å². The van der Waals surface area contributed by atoms with E-state index in [2.05, 4.69) is 25.6 Å². The number of hydrogen-bond acceptors (Lipinski definition) is 3. The summed E-state index contributed by atoms with van der Waals surface area (Å²) in [7, 11) is -3.74. The lowest BCUT2D eigenvalue weighted by Crippen LogP contribution is -2.19. The lowest BCUT2D eigenvalue weighted by atomic mass is 10.4. The number of aromatic amines is 1. The largest absolute Gasteiger partial charge is 0.327 e. The molecule has 18 heavy (non-hydrogen) atoms. The number of nitrogens with one attached hydrogen (secondary N) is 2. The maximum atomic E-state index is 12.0. The van der Waals surface area contributed by atoms with Crippen LogP contribution in [0.2, 0.25) is 0 Å². The minimum atomic E-state index is -3.74. The predicted octanol–water partition coefficient (Wildman–Crippen LogP) is 1.94. The van der Waals surface area contributed by atoms with Crippen LogP contribution in [0.4, 0.5) is 5.69 Å². The van der Waals surface area contributed by atoms with Gasteiger partial charge in [0.15, 0.2) is 0 Å². The van der Waals surface area contributed by atoms with Crippen LogP contribution in [0.3, 0.4) is 0 Å². The number of sulfonamides is 1. The molecule has 1 aromatic heterocycles. The molecule has 94 valence electrons. The first kappa shape index (κ1) is 12.8. The number of pyridine rings is 1. The second kappa shape index (κ2) is 4.95. The average Bonchev–Trinajstić information content (AvgIpc) is 2.32. The summed E-state index contributed by atoms with van der Waals surface area (Å²) in [6.45, 7) is 0. The highest BCUT2D eigenvalue weighted by Gasteiger charge is 2.15. The Balaban J connectivity index is 2.36. The van der Waals surface area contributed by atoms with E-state index in [0.29, 0.717) is 0 Å². The van der Waals surface area contributed by atoms with Crippen molar-refractivity contribution in [1.82, 2.24) is 4.98 Å². The zero-order valence-electron chi connectivity index (χ0n) is 9.05. The van der Waals surface area contributed by atoms with Gasteiger partial charge < -0.3 is 4.98 Å². The number of hydrogen-bond donors (Lipinski definition) is 2. The minimum Gasteiger partial charge on any atom is -0.327 e. The summed E-state index contributed by atoms with van der Waals surface area (Å²) in [5, 5.41) is 0. The summed E-state index contributed by atoms with van der Waals surface area (Å²) in [6, 6.07) is 9.07. The molecule has 0 aliphatic rings. The van der Waals surface area contributed by atoms with Crippen molar-refractivity contribution in [3.8, 4) is 0 Å². The van der Waals surface area contributed by atoms with Crippen LogP contribution in [-0.2, 0) is 10.0 Å². The number of benzene rings is 1. The summed E-state index contributed by atoms with van der Waals surface area (Å²) in [4.78, 5) is 13.9. The zero-order valence-corrected chi connectivity index (χ0v) is 11.5. The third-order valence-corrected chi connectivity index (χ3v) is 4.10. The van der Waals surface area contributed by atoms with Gasteiger partial charge in [-0.25, -0.2) is 8.42 Å². The van der Waals surface area contributed by atoms with E-state index in [1.54, 1.807) is 18.2 Å². The van der Waals surface area contributed by atoms with Crippen LogP contribution < -0.4 is 10.3 Å². The molecule has 1 aromatic carbocycles. The molecular weight excluding hydrogens is 320 g/mol. The molecule has 0 radical (unpaired) electrons. The Morgan fingerprint density at radius 3 is 2.39 bits per heavy atom. The average molecular weight is 329 g/mol. The van der Waals surface area contributed by atoms with Crippen molar-refractivity contribution in [2.24, 2.45) is 0 Å². The third kappa shape index (κ3) is 2.80. The first-order chi connectivity index (χ1) is 8.49. The Kier molecular flexibility index (Phi) is 3.53. The van der Waals surface area contributed by atoms with Gasteiger partial charge >= 0.3 is 0 Å². The number of rotatable bonds is 3. The number of H-pyrrole nitrogens is 1. The van der Waals surface area contributed by atoms with E-state index >= 15 is 0 Å². The van der Waals surface area contributed by atoms with Gasteiger partial charge in [0.1, 0.15) is 5.69 Å². The quantitative estimate of drug-likeness (QED) is 0.903. The van der Waals surface area contributed by atoms with Crippen molar-refractivity contribution in [3.05, 3.63) is 57.4 Å². The molecule has 0 spiro atoms. The van der Waals surface area contributed by atoms with Gasteiger partial charge in [-0.3, -0.25) is 9.52 Å². The van der Waals surface area contributed by atoms with Gasteiger partial charge in [0.2, 0.25) is 0 Å². The van der Waals surface area contributed by atoms with Gasteiger partial charge in [0, 0.05) is 10.7 Å². The predicted molar refractivity (Wildman–Crippen MR) is 72.0 cm³/mol. The van der Waals surface area contributed by atoms with Crippen LogP contribution in [0.15, 0.2) is 56.8 Å².